The second-order valence-electron chi connectivity index (χ2n) is 9.37. The molecule has 3 N–H and O–H groups in total. The van der Waals surface area contributed by atoms with Crippen LogP contribution < -0.4 is 15.6 Å². The van der Waals surface area contributed by atoms with E-state index >= 15 is 0 Å². The van der Waals surface area contributed by atoms with Gasteiger partial charge >= 0.3 is 0 Å². The summed E-state index contributed by atoms with van der Waals surface area (Å²) in [4.78, 5) is 31.4. The lowest BCUT2D eigenvalue weighted by Crippen LogP contribution is -2.25. The number of rotatable bonds is 7. The van der Waals surface area contributed by atoms with Crippen molar-refractivity contribution >= 4 is 17.5 Å². The van der Waals surface area contributed by atoms with Gasteiger partial charge in [0.25, 0.3) is 17.4 Å². The smallest absolute Gasteiger partial charge is 0.276 e. The summed E-state index contributed by atoms with van der Waals surface area (Å²) in [6, 6.07) is 19.2. The van der Waals surface area contributed by atoms with Crippen LogP contribution in [0.15, 0.2) is 65.5 Å². The fourth-order valence-electron chi connectivity index (χ4n) is 4.97. The Morgan fingerprint density at radius 1 is 1.05 bits per heavy atom. The highest BCUT2D eigenvalue weighted by molar-refractivity contribution is 6.02. The minimum Gasteiger partial charge on any atom is -0.489 e. The minimum atomic E-state index is -0.503. The number of nitrogens with one attached hydrogen (secondary N) is 3. The van der Waals surface area contributed by atoms with Gasteiger partial charge < -0.3 is 4.74 Å². The molecule has 5 aromatic rings. The standard InChI is InChI=1S/C27H26N8O3/c36-25(29-27-30-33-34-31-27)21-15-22-28-24(23(26(37)35(22)32-21)18-9-5-2-6-10-18)19-11-13-20(14-12-19)38-16-17-7-3-1-4-8-17/h1,3-4,7-8,11-15,18,32H,2,5-6,9-10,16H2,(H2,29,30,31,33,34,36). The number of amides is 1. The Hall–Kier alpha value is -4.80. The summed E-state index contributed by atoms with van der Waals surface area (Å²) in [6.45, 7) is 0.469. The van der Waals surface area contributed by atoms with E-state index in [1.165, 1.54) is 10.9 Å². The summed E-state index contributed by atoms with van der Waals surface area (Å²) in [7, 11) is 0. The minimum absolute atomic E-state index is 0.0344. The molecular weight excluding hydrogens is 484 g/mol. The zero-order valence-corrected chi connectivity index (χ0v) is 20.6. The third-order valence-electron chi connectivity index (χ3n) is 6.85. The maximum Gasteiger partial charge on any atom is 0.276 e. The Morgan fingerprint density at radius 2 is 1.84 bits per heavy atom. The number of benzene rings is 2. The van der Waals surface area contributed by atoms with Crippen molar-refractivity contribution in [3.8, 4) is 17.0 Å². The summed E-state index contributed by atoms with van der Waals surface area (Å²) in [5.74, 6) is 0.366. The molecule has 0 radical (unpaired) electrons. The Balaban J connectivity index is 1.35. The molecule has 0 saturated heterocycles. The number of anilines is 1. The number of carbonyl (C=O) groups excluding carboxylic acids is 1. The number of H-pyrrole nitrogens is 2. The van der Waals surface area contributed by atoms with E-state index in [0.29, 0.717) is 23.5 Å². The number of carbonyl (C=O) groups is 1. The van der Waals surface area contributed by atoms with Gasteiger partial charge in [-0.3, -0.25) is 20.0 Å². The summed E-state index contributed by atoms with van der Waals surface area (Å²) in [5, 5.41) is 18.6. The lowest BCUT2D eigenvalue weighted by atomic mass is 9.83. The molecular formula is C27H26N8O3. The van der Waals surface area contributed by atoms with E-state index in [0.717, 1.165) is 42.6 Å². The summed E-state index contributed by atoms with van der Waals surface area (Å²) < 4.78 is 7.29. The van der Waals surface area contributed by atoms with Crippen LogP contribution in [0.2, 0.25) is 0 Å². The monoisotopic (exact) mass is 510 g/mol. The Bertz CT molecular complexity index is 1600. The van der Waals surface area contributed by atoms with Crippen LogP contribution in [0.1, 0.15) is 59.6 Å². The van der Waals surface area contributed by atoms with E-state index in [9.17, 15) is 9.59 Å². The molecule has 6 rings (SSSR count). The van der Waals surface area contributed by atoms with Gasteiger partial charge in [0.15, 0.2) is 5.65 Å². The van der Waals surface area contributed by atoms with Crippen molar-refractivity contribution in [2.75, 3.05) is 5.32 Å². The van der Waals surface area contributed by atoms with Crippen LogP contribution in [-0.4, -0.2) is 41.1 Å². The average molecular weight is 511 g/mol. The lowest BCUT2D eigenvalue weighted by molar-refractivity contribution is 0.102. The highest BCUT2D eigenvalue weighted by Gasteiger charge is 2.26. The lowest BCUT2D eigenvalue weighted by Gasteiger charge is -2.23. The zero-order chi connectivity index (χ0) is 25.9. The van der Waals surface area contributed by atoms with Crippen LogP contribution in [0.4, 0.5) is 5.95 Å². The molecule has 0 unspecified atom stereocenters. The molecule has 1 aliphatic carbocycles. The first-order chi connectivity index (χ1) is 18.7. The molecule has 1 fully saturated rings. The molecule has 11 heteroatoms. The highest BCUT2D eigenvalue weighted by Crippen LogP contribution is 2.36. The molecule has 192 valence electrons. The first-order valence-corrected chi connectivity index (χ1v) is 12.6. The molecule has 2 aromatic carbocycles. The number of tetrazole rings is 1. The Morgan fingerprint density at radius 3 is 2.58 bits per heavy atom. The van der Waals surface area contributed by atoms with Crippen molar-refractivity contribution in [2.45, 2.75) is 44.6 Å². The van der Waals surface area contributed by atoms with Crippen LogP contribution in [0, 0.1) is 0 Å². The Kier molecular flexibility index (Phi) is 6.39. The fraction of sp³-hybridized carbons (Fsp3) is 0.259. The predicted octanol–water partition coefficient (Wildman–Crippen LogP) is 4.08. The van der Waals surface area contributed by atoms with Gasteiger partial charge in [-0.2, -0.15) is 5.21 Å². The number of hydrogen-bond donors (Lipinski definition) is 3. The van der Waals surface area contributed by atoms with E-state index in [2.05, 4.69) is 31.0 Å². The van der Waals surface area contributed by atoms with Crippen molar-refractivity contribution in [3.05, 3.63) is 87.8 Å². The van der Waals surface area contributed by atoms with E-state index in [-0.39, 0.29) is 23.1 Å². The number of aromatic amines is 2. The van der Waals surface area contributed by atoms with Crippen molar-refractivity contribution < 1.29 is 9.53 Å². The molecule has 11 nitrogen and oxygen atoms in total. The summed E-state index contributed by atoms with van der Waals surface area (Å²) in [6.07, 6.45) is 5.17. The van der Waals surface area contributed by atoms with Gasteiger partial charge in [0, 0.05) is 17.2 Å². The third-order valence-corrected chi connectivity index (χ3v) is 6.85. The SMILES string of the molecule is O=C(Nc1nn[nH]n1)c1cc2nc(-c3ccc(OCc4ccccc4)cc3)c(C3CCCCC3)c(=O)n2[nH]1. The molecule has 0 spiro atoms. The van der Waals surface area contributed by atoms with Gasteiger partial charge in [-0.1, -0.05) is 54.7 Å². The molecule has 0 atom stereocenters. The van der Waals surface area contributed by atoms with Crippen molar-refractivity contribution in [3.63, 3.8) is 0 Å². The normalized spacial score (nSPS) is 14.0. The number of aromatic nitrogens is 7. The van der Waals surface area contributed by atoms with Crippen LogP contribution >= 0.6 is 0 Å². The first-order valence-electron chi connectivity index (χ1n) is 12.6. The second kappa shape index (κ2) is 10.3. The highest BCUT2D eigenvalue weighted by atomic mass is 16.5. The quantitative estimate of drug-likeness (QED) is 0.299. The summed E-state index contributed by atoms with van der Waals surface area (Å²) >= 11 is 0. The van der Waals surface area contributed by atoms with Crippen LogP contribution in [0.3, 0.4) is 0 Å². The van der Waals surface area contributed by atoms with Gasteiger partial charge in [-0.05, 0) is 53.8 Å². The zero-order valence-electron chi connectivity index (χ0n) is 20.6. The maximum absolute atomic E-state index is 13.8. The van der Waals surface area contributed by atoms with E-state index < -0.39 is 5.91 Å². The second-order valence-corrected chi connectivity index (χ2v) is 9.37. The molecule has 0 bridgehead atoms. The van der Waals surface area contributed by atoms with Gasteiger partial charge in [0.2, 0.25) is 0 Å². The van der Waals surface area contributed by atoms with Gasteiger partial charge in [-0.15, -0.1) is 5.10 Å². The van der Waals surface area contributed by atoms with Gasteiger partial charge in [0.1, 0.15) is 18.1 Å². The molecule has 1 saturated carbocycles. The predicted molar refractivity (Wildman–Crippen MR) is 140 cm³/mol. The number of hydrogen-bond acceptors (Lipinski definition) is 7. The van der Waals surface area contributed by atoms with Crippen LogP contribution in [-0.2, 0) is 6.61 Å². The number of ether oxygens (including phenoxy) is 1. The fourth-order valence-corrected chi connectivity index (χ4v) is 4.97. The molecule has 1 aliphatic rings. The van der Waals surface area contributed by atoms with Crippen molar-refractivity contribution in [1.29, 1.82) is 0 Å². The number of fused-ring (bicyclic) bond motifs is 1. The summed E-state index contributed by atoms with van der Waals surface area (Å²) in [5.41, 5.74) is 3.55. The van der Waals surface area contributed by atoms with E-state index in [1.54, 1.807) is 6.07 Å². The average Bonchev–Trinajstić information content (AvgIpc) is 3.64. The molecule has 3 heterocycles. The van der Waals surface area contributed by atoms with Gasteiger partial charge in [0.05, 0.1) is 5.69 Å². The van der Waals surface area contributed by atoms with E-state index in [4.69, 9.17) is 9.72 Å². The van der Waals surface area contributed by atoms with Crippen LogP contribution in [0.5, 0.6) is 5.75 Å². The molecule has 0 aliphatic heterocycles. The van der Waals surface area contributed by atoms with Crippen LogP contribution in [0.25, 0.3) is 16.9 Å². The van der Waals surface area contributed by atoms with Crippen molar-refractivity contribution in [2.24, 2.45) is 0 Å². The number of nitrogens with zero attached hydrogens (tertiary/aromatic N) is 5. The molecule has 38 heavy (non-hydrogen) atoms. The first kappa shape index (κ1) is 23.6. The third kappa shape index (κ3) is 4.77. The van der Waals surface area contributed by atoms with Gasteiger partial charge in [-0.25, -0.2) is 9.50 Å². The molecule has 1 amide bonds. The largest absolute Gasteiger partial charge is 0.489 e. The maximum atomic E-state index is 13.8. The topological polar surface area (TPSA) is 143 Å². The van der Waals surface area contributed by atoms with Crippen molar-refractivity contribution in [1.82, 2.24) is 35.2 Å². The molecule has 3 aromatic heterocycles. The van der Waals surface area contributed by atoms with E-state index in [1.807, 2.05) is 54.6 Å². The Labute approximate surface area is 217 Å².